The third-order valence-corrected chi connectivity index (χ3v) is 4.87. The molecule has 1 atom stereocenters. The summed E-state index contributed by atoms with van der Waals surface area (Å²) in [5.74, 6) is -0.158. The molecular weight excluding hydrogens is 348 g/mol. The number of hydrogen-bond donors (Lipinski definition) is 3. The maximum absolute atomic E-state index is 12.4. The van der Waals surface area contributed by atoms with Crippen molar-refractivity contribution in [3.05, 3.63) is 84.2 Å². The molecule has 4 aromatic rings. The van der Waals surface area contributed by atoms with Crippen LogP contribution in [0.15, 0.2) is 73.1 Å². The first-order valence-electron chi connectivity index (χ1n) is 9.32. The maximum Gasteiger partial charge on any atom is 0.244 e. The van der Waals surface area contributed by atoms with Crippen LogP contribution in [0.25, 0.3) is 27.9 Å². The van der Waals surface area contributed by atoms with Crippen molar-refractivity contribution in [2.45, 2.75) is 12.5 Å². The molecule has 2 aromatic heterocycles. The second kappa shape index (κ2) is 8.06. The number of benzene rings is 2. The number of rotatable bonds is 6. The molecule has 5 heteroatoms. The monoisotopic (exact) mass is 370 g/mol. The van der Waals surface area contributed by atoms with Gasteiger partial charge in [-0.05, 0) is 41.0 Å². The van der Waals surface area contributed by atoms with Gasteiger partial charge in [-0.1, -0.05) is 42.5 Å². The third-order valence-electron chi connectivity index (χ3n) is 4.87. The molecular formula is C23H22N4O. The molecule has 2 heterocycles. The minimum absolute atomic E-state index is 0.132. The van der Waals surface area contributed by atoms with Gasteiger partial charge in [0, 0.05) is 42.0 Å². The highest BCUT2D eigenvalue weighted by Gasteiger charge is 2.12. The van der Waals surface area contributed by atoms with Crippen LogP contribution in [-0.2, 0) is 11.2 Å². The zero-order chi connectivity index (χ0) is 19.3. The minimum atomic E-state index is -0.158. The second-order valence-electron chi connectivity index (χ2n) is 6.76. The molecule has 0 spiro atoms. The third kappa shape index (κ3) is 3.80. The Hall–Kier alpha value is -3.44. The van der Waals surface area contributed by atoms with Gasteiger partial charge in [0.05, 0.1) is 0 Å². The van der Waals surface area contributed by atoms with Gasteiger partial charge in [0.2, 0.25) is 5.91 Å². The Morgan fingerprint density at radius 3 is 2.82 bits per heavy atom. The average Bonchev–Trinajstić information content (AvgIpc) is 3.15. The molecule has 0 saturated heterocycles. The van der Waals surface area contributed by atoms with Crippen LogP contribution in [0, 0.1) is 0 Å². The number of nitrogens with one attached hydrogen (secondary N) is 2. The standard InChI is InChI=1S/C23H22N4O/c24-14-19(13-17-7-3-6-16-5-1-2-8-20(16)17)27-22(28)11-10-18-15-26-23-21(18)9-4-12-25-23/h1-12,15,19H,13-14,24H2,(H,25,26)(H,27,28)/t19-/m0/s1. The normalized spacial score (nSPS) is 12.6. The second-order valence-corrected chi connectivity index (χ2v) is 6.76. The quantitative estimate of drug-likeness (QED) is 0.455. The van der Waals surface area contributed by atoms with E-state index in [0.717, 1.165) is 16.6 Å². The van der Waals surface area contributed by atoms with Crippen molar-refractivity contribution in [3.8, 4) is 0 Å². The molecule has 140 valence electrons. The van der Waals surface area contributed by atoms with Crippen LogP contribution in [0.5, 0.6) is 0 Å². The van der Waals surface area contributed by atoms with E-state index >= 15 is 0 Å². The molecule has 0 radical (unpaired) electrons. The van der Waals surface area contributed by atoms with Gasteiger partial charge in [-0.2, -0.15) is 0 Å². The fourth-order valence-electron chi connectivity index (χ4n) is 3.46. The number of carbonyl (C=O) groups is 1. The summed E-state index contributed by atoms with van der Waals surface area (Å²) in [5.41, 5.74) is 8.84. The van der Waals surface area contributed by atoms with E-state index < -0.39 is 0 Å². The predicted molar refractivity (Wildman–Crippen MR) is 114 cm³/mol. The Balaban J connectivity index is 1.46. The Labute approximate surface area is 163 Å². The van der Waals surface area contributed by atoms with Crippen molar-refractivity contribution in [2.24, 2.45) is 5.73 Å². The highest BCUT2D eigenvalue weighted by Crippen LogP contribution is 2.20. The maximum atomic E-state index is 12.4. The van der Waals surface area contributed by atoms with E-state index in [4.69, 9.17) is 5.73 Å². The molecule has 5 nitrogen and oxygen atoms in total. The summed E-state index contributed by atoms with van der Waals surface area (Å²) in [6, 6.07) is 18.2. The Bertz CT molecular complexity index is 1140. The minimum Gasteiger partial charge on any atom is -0.348 e. The molecule has 0 aliphatic carbocycles. The van der Waals surface area contributed by atoms with E-state index in [-0.39, 0.29) is 11.9 Å². The van der Waals surface area contributed by atoms with Crippen molar-refractivity contribution in [3.63, 3.8) is 0 Å². The van der Waals surface area contributed by atoms with E-state index in [2.05, 4.69) is 39.6 Å². The van der Waals surface area contributed by atoms with Crippen molar-refractivity contribution < 1.29 is 4.79 Å². The smallest absolute Gasteiger partial charge is 0.244 e. The van der Waals surface area contributed by atoms with Crippen molar-refractivity contribution in [1.29, 1.82) is 0 Å². The topological polar surface area (TPSA) is 83.8 Å². The molecule has 2 aromatic carbocycles. The number of pyridine rings is 1. The van der Waals surface area contributed by atoms with Crippen molar-refractivity contribution >= 4 is 33.8 Å². The van der Waals surface area contributed by atoms with Gasteiger partial charge in [0.1, 0.15) is 5.65 Å². The molecule has 28 heavy (non-hydrogen) atoms. The lowest BCUT2D eigenvalue weighted by atomic mass is 9.99. The lowest BCUT2D eigenvalue weighted by Gasteiger charge is -2.17. The first-order valence-corrected chi connectivity index (χ1v) is 9.32. The summed E-state index contributed by atoms with van der Waals surface area (Å²) in [6.07, 6.45) is 7.60. The number of aromatic amines is 1. The number of fused-ring (bicyclic) bond motifs is 2. The van der Waals surface area contributed by atoms with E-state index in [9.17, 15) is 4.79 Å². The predicted octanol–water partition coefficient (Wildman–Crippen LogP) is 3.42. The average molecular weight is 370 g/mol. The van der Waals surface area contributed by atoms with Gasteiger partial charge in [0.25, 0.3) is 0 Å². The lowest BCUT2D eigenvalue weighted by molar-refractivity contribution is -0.117. The largest absolute Gasteiger partial charge is 0.348 e. The van der Waals surface area contributed by atoms with Crippen LogP contribution in [0.3, 0.4) is 0 Å². The van der Waals surface area contributed by atoms with Gasteiger partial charge in [-0.15, -0.1) is 0 Å². The van der Waals surface area contributed by atoms with E-state index in [0.29, 0.717) is 13.0 Å². The fourth-order valence-corrected chi connectivity index (χ4v) is 3.46. The zero-order valence-electron chi connectivity index (χ0n) is 15.4. The van der Waals surface area contributed by atoms with E-state index in [1.807, 2.05) is 36.5 Å². The molecule has 4 N–H and O–H groups in total. The van der Waals surface area contributed by atoms with Crippen LogP contribution in [0.1, 0.15) is 11.1 Å². The molecule has 0 bridgehead atoms. The van der Waals surface area contributed by atoms with Gasteiger partial charge >= 0.3 is 0 Å². The Kier molecular flexibility index (Phi) is 5.17. The highest BCUT2D eigenvalue weighted by atomic mass is 16.1. The molecule has 0 saturated carbocycles. The van der Waals surface area contributed by atoms with E-state index in [1.54, 1.807) is 18.3 Å². The van der Waals surface area contributed by atoms with Crippen LogP contribution in [-0.4, -0.2) is 28.5 Å². The van der Waals surface area contributed by atoms with Gasteiger partial charge in [-0.25, -0.2) is 4.98 Å². The molecule has 4 rings (SSSR count). The lowest BCUT2D eigenvalue weighted by Crippen LogP contribution is -2.41. The van der Waals surface area contributed by atoms with Crippen molar-refractivity contribution in [1.82, 2.24) is 15.3 Å². The number of aromatic nitrogens is 2. The van der Waals surface area contributed by atoms with Crippen LogP contribution in [0.4, 0.5) is 0 Å². The number of amides is 1. The first kappa shape index (κ1) is 17.9. The summed E-state index contributed by atoms with van der Waals surface area (Å²) in [7, 11) is 0. The number of nitrogens with zero attached hydrogens (tertiary/aromatic N) is 1. The van der Waals surface area contributed by atoms with Gasteiger partial charge in [0.15, 0.2) is 0 Å². The summed E-state index contributed by atoms with van der Waals surface area (Å²) in [6.45, 7) is 0.375. The Morgan fingerprint density at radius 1 is 1.11 bits per heavy atom. The number of hydrogen-bond acceptors (Lipinski definition) is 3. The Morgan fingerprint density at radius 2 is 1.93 bits per heavy atom. The zero-order valence-corrected chi connectivity index (χ0v) is 15.4. The molecule has 0 aliphatic heterocycles. The number of H-pyrrole nitrogens is 1. The molecule has 1 amide bonds. The van der Waals surface area contributed by atoms with E-state index in [1.165, 1.54) is 16.3 Å². The molecule has 0 aliphatic rings. The van der Waals surface area contributed by atoms with Crippen molar-refractivity contribution in [2.75, 3.05) is 6.54 Å². The summed E-state index contributed by atoms with van der Waals surface area (Å²) < 4.78 is 0. The fraction of sp³-hybridized carbons (Fsp3) is 0.130. The van der Waals surface area contributed by atoms with Gasteiger partial charge in [-0.3, -0.25) is 4.79 Å². The number of nitrogens with two attached hydrogens (primary N) is 1. The van der Waals surface area contributed by atoms with Crippen LogP contribution in [0.2, 0.25) is 0 Å². The molecule has 0 fully saturated rings. The summed E-state index contributed by atoms with van der Waals surface area (Å²) in [5, 5.41) is 6.38. The van der Waals surface area contributed by atoms with Crippen LogP contribution >= 0.6 is 0 Å². The van der Waals surface area contributed by atoms with Gasteiger partial charge < -0.3 is 16.0 Å². The number of carbonyl (C=O) groups excluding carboxylic acids is 1. The summed E-state index contributed by atoms with van der Waals surface area (Å²) >= 11 is 0. The van der Waals surface area contributed by atoms with Crippen LogP contribution < -0.4 is 11.1 Å². The highest BCUT2D eigenvalue weighted by molar-refractivity contribution is 5.95. The SMILES string of the molecule is NC[C@H](Cc1cccc2ccccc12)NC(=O)C=Cc1c[nH]c2ncccc12. The first-order chi connectivity index (χ1) is 13.7. The molecule has 0 unspecified atom stereocenters. The summed E-state index contributed by atoms with van der Waals surface area (Å²) in [4.78, 5) is 19.8.